The highest BCUT2D eigenvalue weighted by atomic mass is 16.2. The van der Waals surface area contributed by atoms with Crippen LogP contribution in [-0.4, -0.2) is 37.0 Å². The molecule has 1 aliphatic heterocycles. The molecular formula is C14H28N2O. The molecule has 1 atom stereocenters. The van der Waals surface area contributed by atoms with Crippen LogP contribution < -0.4 is 5.32 Å². The minimum absolute atomic E-state index is 0.189. The molecule has 0 radical (unpaired) electrons. The van der Waals surface area contributed by atoms with Gasteiger partial charge in [-0.15, -0.1) is 0 Å². The first-order valence-corrected chi connectivity index (χ1v) is 6.90. The van der Waals surface area contributed by atoms with Crippen molar-refractivity contribution < 1.29 is 4.79 Å². The van der Waals surface area contributed by atoms with Gasteiger partial charge >= 0.3 is 0 Å². The van der Waals surface area contributed by atoms with E-state index in [0.717, 1.165) is 25.9 Å². The van der Waals surface area contributed by atoms with Crippen molar-refractivity contribution in [2.45, 2.75) is 46.6 Å². The van der Waals surface area contributed by atoms with Crippen molar-refractivity contribution in [2.24, 2.45) is 17.8 Å². The summed E-state index contributed by atoms with van der Waals surface area (Å²) in [6.07, 6.45) is 2.18. The third-order valence-electron chi connectivity index (χ3n) is 3.74. The number of rotatable bonds is 4. The molecule has 0 bridgehead atoms. The highest BCUT2D eigenvalue weighted by Gasteiger charge is 2.27. The summed E-state index contributed by atoms with van der Waals surface area (Å²) in [4.78, 5) is 14.5. The summed E-state index contributed by atoms with van der Waals surface area (Å²) < 4.78 is 0. The molecule has 1 N–H and O–H groups in total. The lowest BCUT2D eigenvalue weighted by molar-refractivity contribution is -0.127. The van der Waals surface area contributed by atoms with Crippen LogP contribution in [0.4, 0.5) is 0 Å². The lowest BCUT2D eigenvalue weighted by atomic mass is 9.91. The maximum atomic E-state index is 12.2. The van der Waals surface area contributed by atoms with E-state index in [-0.39, 0.29) is 11.8 Å². The number of carbonyl (C=O) groups is 1. The van der Waals surface area contributed by atoms with Crippen LogP contribution in [-0.2, 0) is 4.79 Å². The van der Waals surface area contributed by atoms with E-state index < -0.39 is 0 Å². The molecule has 0 aromatic rings. The number of hydrogen-bond acceptors (Lipinski definition) is 2. The van der Waals surface area contributed by atoms with Gasteiger partial charge in [-0.1, -0.05) is 27.7 Å². The largest absolute Gasteiger partial charge is 0.353 e. The SMILES string of the molecule is CC(C)C(NC(=O)C1CCCN(C)C1)C(C)C. The van der Waals surface area contributed by atoms with Crippen LogP contribution in [0, 0.1) is 17.8 Å². The lowest BCUT2D eigenvalue weighted by Crippen LogP contribution is -2.48. The summed E-state index contributed by atoms with van der Waals surface area (Å²) in [7, 11) is 2.10. The van der Waals surface area contributed by atoms with E-state index in [0.29, 0.717) is 17.9 Å². The first-order chi connectivity index (χ1) is 7.91. The standard InChI is InChI=1S/C14H28N2O/c1-10(2)13(11(3)4)15-14(17)12-7-6-8-16(5)9-12/h10-13H,6-9H2,1-5H3,(H,15,17). The van der Waals surface area contributed by atoms with Gasteiger partial charge < -0.3 is 10.2 Å². The van der Waals surface area contributed by atoms with Crippen molar-refractivity contribution in [3.63, 3.8) is 0 Å². The fraction of sp³-hybridized carbons (Fsp3) is 0.929. The number of piperidine rings is 1. The van der Waals surface area contributed by atoms with Crippen LogP contribution >= 0.6 is 0 Å². The van der Waals surface area contributed by atoms with Gasteiger partial charge in [0.2, 0.25) is 5.91 Å². The van der Waals surface area contributed by atoms with Crippen LogP contribution in [0.5, 0.6) is 0 Å². The quantitative estimate of drug-likeness (QED) is 0.816. The fourth-order valence-electron chi connectivity index (χ4n) is 2.77. The number of hydrogen-bond donors (Lipinski definition) is 1. The van der Waals surface area contributed by atoms with Crippen LogP contribution in [0.3, 0.4) is 0 Å². The molecule has 0 aromatic heterocycles. The smallest absolute Gasteiger partial charge is 0.224 e. The van der Waals surface area contributed by atoms with Crippen molar-refractivity contribution >= 4 is 5.91 Å². The summed E-state index contributed by atoms with van der Waals surface area (Å²) in [6, 6.07) is 0.301. The number of nitrogens with zero attached hydrogens (tertiary/aromatic N) is 1. The molecule has 1 rings (SSSR count). The Labute approximate surface area is 106 Å². The molecule has 1 fully saturated rings. The van der Waals surface area contributed by atoms with Crippen molar-refractivity contribution in [3.05, 3.63) is 0 Å². The molecule has 17 heavy (non-hydrogen) atoms. The van der Waals surface area contributed by atoms with E-state index in [1.807, 2.05) is 0 Å². The van der Waals surface area contributed by atoms with E-state index in [1.165, 1.54) is 0 Å². The van der Waals surface area contributed by atoms with Crippen molar-refractivity contribution in [1.29, 1.82) is 0 Å². The van der Waals surface area contributed by atoms with Gasteiger partial charge in [-0.2, -0.15) is 0 Å². The van der Waals surface area contributed by atoms with Crippen LogP contribution in [0.25, 0.3) is 0 Å². The van der Waals surface area contributed by atoms with Gasteiger partial charge in [0.15, 0.2) is 0 Å². The first-order valence-electron chi connectivity index (χ1n) is 6.90. The van der Waals surface area contributed by atoms with Crippen LogP contribution in [0.15, 0.2) is 0 Å². The zero-order valence-electron chi connectivity index (χ0n) is 12.0. The Balaban J connectivity index is 2.51. The van der Waals surface area contributed by atoms with E-state index >= 15 is 0 Å². The van der Waals surface area contributed by atoms with Gasteiger partial charge in [-0.3, -0.25) is 4.79 Å². The number of nitrogens with one attached hydrogen (secondary N) is 1. The van der Waals surface area contributed by atoms with E-state index in [2.05, 4.69) is 45.0 Å². The number of amides is 1. The minimum atomic E-state index is 0.189. The van der Waals surface area contributed by atoms with Gasteiger partial charge in [-0.25, -0.2) is 0 Å². The summed E-state index contributed by atoms with van der Waals surface area (Å²) in [5.41, 5.74) is 0. The first kappa shape index (κ1) is 14.5. The Morgan fingerprint density at radius 2 is 1.82 bits per heavy atom. The maximum absolute atomic E-state index is 12.2. The Bertz CT molecular complexity index is 243. The molecule has 1 unspecified atom stereocenters. The zero-order valence-corrected chi connectivity index (χ0v) is 12.0. The molecule has 100 valence electrons. The second kappa shape index (κ2) is 6.39. The van der Waals surface area contributed by atoms with Gasteiger partial charge in [0.05, 0.1) is 5.92 Å². The summed E-state index contributed by atoms with van der Waals surface area (Å²) in [5, 5.41) is 3.24. The average molecular weight is 240 g/mol. The molecule has 3 nitrogen and oxygen atoms in total. The number of likely N-dealkylation sites (tertiary alicyclic amines) is 1. The van der Waals surface area contributed by atoms with E-state index in [9.17, 15) is 4.79 Å². The van der Waals surface area contributed by atoms with Crippen molar-refractivity contribution in [2.75, 3.05) is 20.1 Å². The molecule has 1 aliphatic rings. The Kier molecular flexibility index (Phi) is 5.44. The predicted molar refractivity (Wildman–Crippen MR) is 71.8 cm³/mol. The van der Waals surface area contributed by atoms with E-state index in [1.54, 1.807) is 0 Å². The Morgan fingerprint density at radius 3 is 2.29 bits per heavy atom. The topological polar surface area (TPSA) is 32.3 Å². The third-order valence-corrected chi connectivity index (χ3v) is 3.74. The molecule has 0 aromatic carbocycles. The zero-order chi connectivity index (χ0) is 13.0. The highest BCUT2D eigenvalue weighted by molar-refractivity contribution is 5.79. The molecule has 0 saturated carbocycles. The molecule has 1 amide bonds. The number of carbonyl (C=O) groups excluding carboxylic acids is 1. The summed E-state index contributed by atoms with van der Waals surface area (Å²) >= 11 is 0. The van der Waals surface area contributed by atoms with Gasteiger partial charge in [0, 0.05) is 12.6 Å². The summed E-state index contributed by atoms with van der Waals surface area (Å²) in [5.74, 6) is 1.44. The summed E-state index contributed by atoms with van der Waals surface area (Å²) in [6.45, 7) is 10.8. The molecular weight excluding hydrogens is 212 g/mol. The normalized spacial score (nSPS) is 22.5. The van der Waals surface area contributed by atoms with Gasteiger partial charge in [-0.05, 0) is 38.3 Å². The van der Waals surface area contributed by atoms with Gasteiger partial charge in [0.25, 0.3) is 0 Å². The average Bonchev–Trinajstić information content (AvgIpc) is 2.24. The minimum Gasteiger partial charge on any atom is -0.353 e. The molecule has 1 heterocycles. The third kappa shape index (κ3) is 4.30. The molecule has 0 aliphatic carbocycles. The highest BCUT2D eigenvalue weighted by Crippen LogP contribution is 2.18. The van der Waals surface area contributed by atoms with Crippen molar-refractivity contribution in [1.82, 2.24) is 10.2 Å². The van der Waals surface area contributed by atoms with Crippen molar-refractivity contribution in [3.8, 4) is 0 Å². The lowest BCUT2D eigenvalue weighted by Gasteiger charge is -2.32. The predicted octanol–water partition coefficient (Wildman–Crippen LogP) is 2.12. The Morgan fingerprint density at radius 1 is 1.24 bits per heavy atom. The second-order valence-electron chi connectivity index (χ2n) is 6.12. The maximum Gasteiger partial charge on any atom is 0.224 e. The monoisotopic (exact) mass is 240 g/mol. The molecule has 3 heteroatoms. The second-order valence-corrected chi connectivity index (χ2v) is 6.12. The Hall–Kier alpha value is -0.570. The van der Waals surface area contributed by atoms with E-state index in [4.69, 9.17) is 0 Å². The van der Waals surface area contributed by atoms with Crippen LogP contribution in [0.2, 0.25) is 0 Å². The van der Waals surface area contributed by atoms with Crippen LogP contribution in [0.1, 0.15) is 40.5 Å². The fourth-order valence-corrected chi connectivity index (χ4v) is 2.77. The van der Waals surface area contributed by atoms with Gasteiger partial charge in [0.1, 0.15) is 0 Å². The molecule has 0 spiro atoms. The molecule has 1 saturated heterocycles.